The summed E-state index contributed by atoms with van der Waals surface area (Å²) in [6, 6.07) is 6.58. The van der Waals surface area contributed by atoms with E-state index >= 15 is 0 Å². The number of carboxylic acid groups (broad SMARTS) is 1. The van der Waals surface area contributed by atoms with Gasteiger partial charge in [-0.1, -0.05) is 0 Å². The number of benzene rings is 2. The fraction of sp³-hybridized carbons (Fsp3) is 0.188. The first kappa shape index (κ1) is 18.6. The maximum absolute atomic E-state index is 12.8. The van der Waals surface area contributed by atoms with E-state index in [1.54, 1.807) is 0 Å². The van der Waals surface area contributed by atoms with E-state index in [2.05, 4.69) is 5.32 Å². The molecule has 0 bridgehead atoms. The second-order valence-electron chi connectivity index (χ2n) is 5.15. The Kier molecular flexibility index (Phi) is 4.96. The second kappa shape index (κ2) is 6.66. The van der Waals surface area contributed by atoms with Crippen LogP contribution in [0.5, 0.6) is 0 Å². The first-order valence-electron chi connectivity index (χ1n) is 6.82. The monoisotopic (exact) mass is 363 g/mol. The predicted molar refractivity (Wildman–Crippen MR) is 77.2 cm³/mol. The number of aromatic carboxylic acids is 1. The van der Waals surface area contributed by atoms with E-state index in [1.807, 2.05) is 0 Å². The number of alkyl halides is 6. The van der Waals surface area contributed by atoms with Gasteiger partial charge in [0.15, 0.2) is 0 Å². The highest BCUT2D eigenvalue weighted by molar-refractivity contribution is 5.87. The molecule has 2 rings (SSSR count). The standard InChI is InChI=1S/C16H11F6NO2/c17-15(18,19)11-5-9(6-12(7-11)16(20,21)22)8-23-13-3-1-10(2-4-13)14(24)25/h1-7,23H,8H2,(H,24,25). The molecule has 3 nitrogen and oxygen atoms in total. The number of hydrogen-bond donors (Lipinski definition) is 2. The Morgan fingerprint density at radius 2 is 1.36 bits per heavy atom. The van der Waals surface area contributed by atoms with Crippen LogP contribution >= 0.6 is 0 Å². The molecule has 2 N–H and O–H groups in total. The highest BCUT2D eigenvalue weighted by Crippen LogP contribution is 2.36. The molecule has 0 saturated carbocycles. The molecular weight excluding hydrogens is 352 g/mol. The number of hydrogen-bond acceptors (Lipinski definition) is 2. The van der Waals surface area contributed by atoms with Crippen molar-refractivity contribution in [1.82, 2.24) is 0 Å². The zero-order valence-electron chi connectivity index (χ0n) is 12.4. The van der Waals surface area contributed by atoms with Gasteiger partial charge in [0.05, 0.1) is 16.7 Å². The summed E-state index contributed by atoms with van der Waals surface area (Å²) in [6.45, 7) is -0.292. The van der Waals surface area contributed by atoms with E-state index in [1.165, 1.54) is 24.3 Å². The number of carbonyl (C=O) groups is 1. The summed E-state index contributed by atoms with van der Waals surface area (Å²) in [4.78, 5) is 10.7. The van der Waals surface area contributed by atoms with E-state index in [0.29, 0.717) is 17.8 Å². The van der Waals surface area contributed by atoms with E-state index in [0.717, 1.165) is 0 Å². The molecule has 0 fully saturated rings. The fourth-order valence-electron chi connectivity index (χ4n) is 2.06. The van der Waals surface area contributed by atoms with Gasteiger partial charge in [0.2, 0.25) is 0 Å². The van der Waals surface area contributed by atoms with E-state index < -0.39 is 29.4 Å². The SMILES string of the molecule is O=C(O)c1ccc(NCc2cc(C(F)(F)F)cc(C(F)(F)F)c2)cc1. The molecule has 0 spiro atoms. The van der Waals surface area contributed by atoms with Gasteiger partial charge in [-0.3, -0.25) is 0 Å². The third kappa shape index (κ3) is 4.88. The summed E-state index contributed by atoms with van der Waals surface area (Å²) < 4.78 is 76.7. The summed E-state index contributed by atoms with van der Waals surface area (Å²) in [7, 11) is 0. The zero-order chi connectivity index (χ0) is 18.8. The van der Waals surface area contributed by atoms with E-state index in [-0.39, 0.29) is 23.7 Å². The number of rotatable bonds is 4. The van der Waals surface area contributed by atoms with Crippen LogP contribution in [-0.2, 0) is 18.9 Å². The second-order valence-corrected chi connectivity index (χ2v) is 5.15. The van der Waals surface area contributed by atoms with Crippen molar-refractivity contribution in [1.29, 1.82) is 0 Å². The molecule has 0 aliphatic heterocycles. The normalized spacial score (nSPS) is 12.1. The van der Waals surface area contributed by atoms with Crippen LogP contribution in [0.1, 0.15) is 27.0 Å². The molecule has 0 heterocycles. The lowest BCUT2D eigenvalue weighted by molar-refractivity contribution is -0.143. The van der Waals surface area contributed by atoms with Crippen LogP contribution in [0.15, 0.2) is 42.5 Å². The third-order valence-electron chi connectivity index (χ3n) is 3.28. The highest BCUT2D eigenvalue weighted by Gasteiger charge is 2.36. The topological polar surface area (TPSA) is 49.3 Å². The average molecular weight is 363 g/mol. The number of anilines is 1. The Morgan fingerprint density at radius 1 is 0.880 bits per heavy atom. The number of carboxylic acids is 1. The highest BCUT2D eigenvalue weighted by atomic mass is 19.4. The van der Waals surface area contributed by atoms with Gasteiger partial charge in [-0.25, -0.2) is 4.79 Å². The van der Waals surface area contributed by atoms with Crippen molar-refractivity contribution >= 4 is 11.7 Å². The minimum Gasteiger partial charge on any atom is -0.478 e. The summed E-state index contributed by atoms with van der Waals surface area (Å²) in [5.41, 5.74) is -2.62. The van der Waals surface area contributed by atoms with Crippen molar-refractivity contribution in [3.63, 3.8) is 0 Å². The van der Waals surface area contributed by atoms with Gasteiger partial charge >= 0.3 is 18.3 Å². The van der Waals surface area contributed by atoms with Crippen LogP contribution < -0.4 is 5.32 Å². The lowest BCUT2D eigenvalue weighted by atomic mass is 10.0. The van der Waals surface area contributed by atoms with Crippen LogP contribution in [0, 0.1) is 0 Å². The molecule has 0 radical (unpaired) electrons. The molecule has 9 heteroatoms. The molecule has 0 aliphatic carbocycles. The van der Waals surface area contributed by atoms with Gasteiger partial charge < -0.3 is 10.4 Å². The molecule has 0 saturated heterocycles. The summed E-state index contributed by atoms with van der Waals surface area (Å²) in [5, 5.41) is 11.4. The smallest absolute Gasteiger partial charge is 0.416 e. The maximum atomic E-state index is 12.8. The summed E-state index contributed by atoms with van der Waals surface area (Å²) in [5.74, 6) is -1.15. The van der Waals surface area contributed by atoms with Crippen molar-refractivity contribution in [2.75, 3.05) is 5.32 Å². The number of nitrogens with one attached hydrogen (secondary N) is 1. The molecular formula is C16H11F6NO2. The van der Waals surface area contributed by atoms with Gasteiger partial charge in [-0.15, -0.1) is 0 Å². The zero-order valence-corrected chi connectivity index (χ0v) is 12.4. The van der Waals surface area contributed by atoms with Gasteiger partial charge in [0.1, 0.15) is 0 Å². The predicted octanol–water partition coefficient (Wildman–Crippen LogP) is 5.03. The Bertz CT molecular complexity index is 733. The molecule has 0 amide bonds. The first-order valence-corrected chi connectivity index (χ1v) is 6.82. The Morgan fingerprint density at radius 3 is 1.76 bits per heavy atom. The van der Waals surface area contributed by atoms with Crippen LogP contribution in [0.25, 0.3) is 0 Å². The molecule has 25 heavy (non-hydrogen) atoms. The summed E-state index contributed by atoms with van der Waals surface area (Å²) >= 11 is 0. The lowest BCUT2D eigenvalue weighted by Crippen LogP contribution is -2.13. The largest absolute Gasteiger partial charge is 0.478 e. The average Bonchev–Trinajstić information content (AvgIpc) is 2.51. The van der Waals surface area contributed by atoms with Gasteiger partial charge in [-0.2, -0.15) is 26.3 Å². The lowest BCUT2D eigenvalue weighted by Gasteiger charge is -2.15. The number of halogens is 6. The van der Waals surface area contributed by atoms with Crippen molar-refractivity contribution in [2.24, 2.45) is 0 Å². The summed E-state index contributed by atoms with van der Waals surface area (Å²) in [6.07, 6.45) is -9.81. The molecule has 0 unspecified atom stereocenters. The quantitative estimate of drug-likeness (QED) is 0.749. The van der Waals surface area contributed by atoms with E-state index in [4.69, 9.17) is 5.11 Å². The minimum absolute atomic E-state index is 0.00368. The molecule has 2 aromatic carbocycles. The van der Waals surface area contributed by atoms with E-state index in [9.17, 15) is 31.1 Å². The maximum Gasteiger partial charge on any atom is 0.416 e. The van der Waals surface area contributed by atoms with Gasteiger partial charge in [0, 0.05) is 12.2 Å². The van der Waals surface area contributed by atoms with Crippen molar-refractivity contribution in [3.8, 4) is 0 Å². The Balaban J connectivity index is 2.24. The van der Waals surface area contributed by atoms with Crippen LogP contribution in [0.2, 0.25) is 0 Å². The van der Waals surface area contributed by atoms with Gasteiger partial charge in [0.25, 0.3) is 0 Å². The Labute approximate surface area is 137 Å². The molecule has 0 atom stereocenters. The first-order chi connectivity index (χ1) is 11.5. The van der Waals surface area contributed by atoms with Crippen molar-refractivity contribution < 1.29 is 36.2 Å². The van der Waals surface area contributed by atoms with Crippen LogP contribution in [0.4, 0.5) is 32.0 Å². The van der Waals surface area contributed by atoms with Crippen LogP contribution in [-0.4, -0.2) is 11.1 Å². The van der Waals surface area contributed by atoms with Crippen molar-refractivity contribution in [2.45, 2.75) is 18.9 Å². The van der Waals surface area contributed by atoms with Crippen molar-refractivity contribution in [3.05, 3.63) is 64.7 Å². The molecule has 0 aromatic heterocycles. The molecule has 2 aromatic rings. The Hall–Kier alpha value is -2.71. The molecule has 134 valence electrons. The molecule has 0 aliphatic rings. The third-order valence-corrected chi connectivity index (χ3v) is 3.28. The fourth-order valence-corrected chi connectivity index (χ4v) is 2.06. The van der Waals surface area contributed by atoms with Crippen LogP contribution in [0.3, 0.4) is 0 Å². The van der Waals surface area contributed by atoms with Gasteiger partial charge in [-0.05, 0) is 48.0 Å². The minimum atomic E-state index is -4.90.